The highest BCUT2D eigenvalue weighted by Crippen LogP contribution is 2.19. The molecule has 1 fully saturated rings. The number of hydrogen-bond donors (Lipinski definition) is 2. The fourth-order valence-electron chi connectivity index (χ4n) is 3.25. The van der Waals surface area contributed by atoms with E-state index >= 15 is 0 Å². The van der Waals surface area contributed by atoms with Crippen molar-refractivity contribution < 1.29 is 14.3 Å². The van der Waals surface area contributed by atoms with Gasteiger partial charge in [0.05, 0.1) is 25.8 Å². The van der Waals surface area contributed by atoms with Gasteiger partial charge in [0.1, 0.15) is 0 Å². The van der Waals surface area contributed by atoms with Crippen LogP contribution in [0.4, 0.5) is 0 Å². The zero-order chi connectivity index (χ0) is 20.1. The highest BCUT2D eigenvalue weighted by molar-refractivity contribution is 14.1. The Bertz CT molecular complexity index is 813. The number of morpholine rings is 1. The fraction of sp³-hybridized carbons (Fsp3) is 0.429. The molecule has 1 atom stereocenters. The van der Waals surface area contributed by atoms with Crippen molar-refractivity contribution in [3.05, 3.63) is 56.3 Å². The van der Waals surface area contributed by atoms with E-state index in [0.29, 0.717) is 31.7 Å². The molecule has 2 aliphatic rings. The van der Waals surface area contributed by atoms with E-state index in [2.05, 4.69) is 38.1 Å². The summed E-state index contributed by atoms with van der Waals surface area (Å²) in [6.45, 7) is 7.21. The summed E-state index contributed by atoms with van der Waals surface area (Å²) in [4.78, 5) is 27.1. The molecule has 0 radical (unpaired) electrons. The fourth-order valence-corrected chi connectivity index (χ4v) is 3.77. The van der Waals surface area contributed by atoms with Gasteiger partial charge in [-0.3, -0.25) is 14.5 Å². The first-order chi connectivity index (χ1) is 13.4. The normalized spacial score (nSPS) is 20.2. The molecule has 150 valence electrons. The molecule has 6 nitrogen and oxygen atoms in total. The van der Waals surface area contributed by atoms with Crippen molar-refractivity contribution >= 4 is 34.4 Å². The number of allylic oxidation sites excluding steroid dienone is 1. The minimum absolute atomic E-state index is 0.0408. The number of ether oxygens (including phenoxy) is 1. The molecule has 0 spiro atoms. The minimum atomic E-state index is -0.129. The largest absolute Gasteiger partial charge is 0.379 e. The first-order valence-electron chi connectivity index (χ1n) is 9.48. The Kier molecular flexibility index (Phi) is 7.25. The third kappa shape index (κ3) is 5.42. The number of hydrogen-bond acceptors (Lipinski definition) is 4. The van der Waals surface area contributed by atoms with Crippen molar-refractivity contribution in [2.24, 2.45) is 0 Å². The van der Waals surface area contributed by atoms with Crippen LogP contribution in [0.3, 0.4) is 0 Å². The van der Waals surface area contributed by atoms with Crippen molar-refractivity contribution in [3.63, 3.8) is 0 Å². The smallest absolute Gasteiger partial charge is 0.251 e. The Hall–Kier alpha value is -1.71. The molecule has 1 aliphatic carbocycles. The van der Waals surface area contributed by atoms with Crippen LogP contribution in [0.15, 0.2) is 41.6 Å². The van der Waals surface area contributed by atoms with E-state index in [0.717, 1.165) is 33.5 Å². The lowest BCUT2D eigenvalue weighted by Gasteiger charge is -2.27. The van der Waals surface area contributed by atoms with Gasteiger partial charge in [-0.1, -0.05) is 12.1 Å². The summed E-state index contributed by atoms with van der Waals surface area (Å²) >= 11 is 2.24. The maximum atomic E-state index is 12.6. The predicted octanol–water partition coefficient (Wildman–Crippen LogP) is 2.38. The highest BCUT2D eigenvalue weighted by Gasteiger charge is 2.21. The maximum absolute atomic E-state index is 12.6. The number of carbonyl (C=O) groups is 2. The number of rotatable bonds is 5. The van der Waals surface area contributed by atoms with E-state index in [1.54, 1.807) is 0 Å². The molecule has 2 amide bonds. The molecular weight excluding hydrogens is 469 g/mol. The second kappa shape index (κ2) is 9.67. The van der Waals surface area contributed by atoms with Crippen LogP contribution in [-0.4, -0.2) is 55.6 Å². The van der Waals surface area contributed by atoms with Crippen molar-refractivity contribution in [1.82, 2.24) is 15.5 Å². The summed E-state index contributed by atoms with van der Waals surface area (Å²) in [5, 5.41) is 6.08. The molecule has 1 saturated heterocycles. The van der Waals surface area contributed by atoms with Gasteiger partial charge in [-0.05, 0) is 72.2 Å². The number of amides is 2. The molecule has 0 aromatic heterocycles. The van der Waals surface area contributed by atoms with Crippen LogP contribution in [0.5, 0.6) is 0 Å². The summed E-state index contributed by atoms with van der Waals surface area (Å²) in [6.07, 6.45) is 4.62. The van der Waals surface area contributed by atoms with Crippen molar-refractivity contribution in [1.29, 1.82) is 0 Å². The van der Waals surface area contributed by atoms with Crippen LogP contribution >= 0.6 is 22.6 Å². The first-order valence-corrected chi connectivity index (χ1v) is 10.6. The molecule has 1 aromatic rings. The van der Waals surface area contributed by atoms with E-state index < -0.39 is 0 Å². The van der Waals surface area contributed by atoms with Crippen molar-refractivity contribution in [3.8, 4) is 0 Å². The van der Waals surface area contributed by atoms with Gasteiger partial charge < -0.3 is 15.4 Å². The molecule has 2 N–H and O–H groups in total. The number of carbonyl (C=O) groups excluding carboxylic acids is 2. The molecule has 1 aromatic carbocycles. The molecule has 7 heteroatoms. The Morgan fingerprint density at radius 3 is 2.71 bits per heavy atom. The van der Waals surface area contributed by atoms with E-state index in [4.69, 9.17) is 4.74 Å². The number of benzene rings is 1. The number of nitrogens with one attached hydrogen (secondary N) is 2. The molecule has 1 aliphatic heterocycles. The Morgan fingerprint density at radius 2 is 2.00 bits per heavy atom. The van der Waals surface area contributed by atoms with Crippen LogP contribution in [0.2, 0.25) is 0 Å². The zero-order valence-electron chi connectivity index (χ0n) is 16.3. The van der Waals surface area contributed by atoms with Crippen LogP contribution in [0.1, 0.15) is 29.3 Å². The lowest BCUT2D eigenvalue weighted by Crippen LogP contribution is -2.44. The molecule has 28 heavy (non-hydrogen) atoms. The molecular formula is C21H26IN3O3. The van der Waals surface area contributed by atoms with E-state index in [9.17, 15) is 9.59 Å². The van der Waals surface area contributed by atoms with Gasteiger partial charge in [0, 0.05) is 27.9 Å². The second-order valence-corrected chi connectivity index (χ2v) is 8.32. The van der Waals surface area contributed by atoms with Crippen LogP contribution in [-0.2, 0) is 9.53 Å². The Balaban J connectivity index is 1.62. The van der Waals surface area contributed by atoms with Gasteiger partial charge in [-0.2, -0.15) is 0 Å². The summed E-state index contributed by atoms with van der Waals surface area (Å²) in [5.74, 6) is -0.141. The van der Waals surface area contributed by atoms with Gasteiger partial charge in [0.2, 0.25) is 5.91 Å². The maximum Gasteiger partial charge on any atom is 0.251 e. The zero-order valence-corrected chi connectivity index (χ0v) is 18.4. The summed E-state index contributed by atoms with van der Waals surface area (Å²) in [7, 11) is 0. The standard InChI is InChI=1S/C21H26IN3O3/c1-14-6-7-16(12-17(14)22)21(27)24-19-5-3-4-18(15(19)2)23-20(26)13-25-8-10-28-11-9-25/h3-4,6-7,12,19H,5,8-11,13H2,1-2H3,(H,23,26)(H,24,27). The average molecular weight is 495 g/mol. The molecule has 1 unspecified atom stereocenters. The third-order valence-electron chi connectivity index (χ3n) is 5.09. The molecule has 1 heterocycles. The van der Waals surface area contributed by atoms with Gasteiger partial charge >= 0.3 is 0 Å². The van der Waals surface area contributed by atoms with Gasteiger partial charge in [0.15, 0.2) is 0 Å². The van der Waals surface area contributed by atoms with Crippen LogP contribution < -0.4 is 10.6 Å². The monoisotopic (exact) mass is 495 g/mol. The minimum Gasteiger partial charge on any atom is -0.379 e. The molecule has 0 saturated carbocycles. The number of aryl methyl sites for hydroxylation is 1. The quantitative estimate of drug-likeness (QED) is 0.616. The second-order valence-electron chi connectivity index (χ2n) is 7.16. The Labute approximate surface area is 179 Å². The Morgan fingerprint density at radius 1 is 1.25 bits per heavy atom. The number of halogens is 1. The lowest BCUT2D eigenvalue weighted by molar-refractivity contribution is -0.122. The summed E-state index contributed by atoms with van der Waals surface area (Å²) in [5.41, 5.74) is 3.54. The van der Waals surface area contributed by atoms with Crippen molar-refractivity contribution in [2.75, 3.05) is 32.8 Å². The SMILES string of the molecule is CC1=C(NC(=O)CN2CCOCC2)C=CCC1NC(=O)c1ccc(C)c(I)c1. The molecule has 3 rings (SSSR count). The molecule has 0 bridgehead atoms. The van der Waals surface area contributed by atoms with E-state index in [1.165, 1.54) is 0 Å². The van der Waals surface area contributed by atoms with Gasteiger partial charge in [-0.15, -0.1) is 0 Å². The van der Waals surface area contributed by atoms with Gasteiger partial charge in [-0.25, -0.2) is 0 Å². The highest BCUT2D eigenvalue weighted by atomic mass is 127. The third-order valence-corrected chi connectivity index (χ3v) is 6.25. The average Bonchev–Trinajstić information content (AvgIpc) is 2.68. The van der Waals surface area contributed by atoms with E-state index in [-0.39, 0.29) is 17.9 Å². The summed E-state index contributed by atoms with van der Waals surface area (Å²) < 4.78 is 6.38. The van der Waals surface area contributed by atoms with Crippen molar-refractivity contribution in [2.45, 2.75) is 26.3 Å². The topological polar surface area (TPSA) is 70.7 Å². The van der Waals surface area contributed by atoms with Crippen LogP contribution in [0, 0.1) is 10.5 Å². The van der Waals surface area contributed by atoms with E-state index in [1.807, 2.05) is 44.2 Å². The number of nitrogens with zero attached hydrogens (tertiary/aromatic N) is 1. The van der Waals surface area contributed by atoms with Crippen LogP contribution in [0.25, 0.3) is 0 Å². The first kappa shape index (κ1) is 21.0. The summed E-state index contributed by atoms with van der Waals surface area (Å²) in [6, 6.07) is 5.57. The van der Waals surface area contributed by atoms with Gasteiger partial charge in [0.25, 0.3) is 5.91 Å². The predicted molar refractivity (Wildman–Crippen MR) is 117 cm³/mol. The lowest BCUT2D eigenvalue weighted by atomic mass is 9.97.